The molecule has 1 atom stereocenters. The molecule has 0 aliphatic carbocycles. The van der Waals surface area contributed by atoms with Gasteiger partial charge in [-0.2, -0.15) is 0 Å². The second-order valence-electron chi connectivity index (χ2n) is 6.08. The molecule has 6 nitrogen and oxygen atoms in total. The van der Waals surface area contributed by atoms with Gasteiger partial charge < -0.3 is 15.3 Å². The lowest BCUT2D eigenvalue weighted by molar-refractivity contribution is -0.146. The van der Waals surface area contributed by atoms with E-state index in [1.807, 2.05) is 30.3 Å². The smallest absolute Gasteiger partial charge is 0.328 e. The predicted octanol–water partition coefficient (Wildman–Crippen LogP) is 1.01. The Balaban J connectivity index is 1.97. The van der Waals surface area contributed by atoms with Crippen molar-refractivity contribution in [2.75, 3.05) is 6.54 Å². The summed E-state index contributed by atoms with van der Waals surface area (Å²) in [6, 6.07) is 9.55. The van der Waals surface area contributed by atoms with Gasteiger partial charge >= 0.3 is 5.97 Å². The standard InChI is InChI=1S/C16H20N2O4/c1-16(2,15(21)22)17-14(20)12-8-13(19)18(10-12)9-11-6-4-3-5-7-11/h3-7,12H,8-10H2,1-2H3,(H,17,20)(H,21,22). The fourth-order valence-corrected chi connectivity index (χ4v) is 2.37. The van der Waals surface area contributed by atoms with E-state index in [0.717, 1.165) is 5.56 Å². The number of benzene rings is 1. The van der Waals surface area contributed by atoms with Crippen LogP contribution in [0.1, 0.15) is 25.8 Å². The van der Waals surface area contributed by atoms with Crippen molar-refractivity contribution in [3.8, 4) is 0 Å². The zero-order valence-corrected chi connectivity index (χ0v) is 12.7. The quantitative estimate of drug-likeness (QED) is 0.850. The third-order valence-corrected chi connectivity index (χ3v) is 3.77. The fraction of sp³-hybridized carbons (Fsp3) is 0.438. The number of carboxylic acids is 1. The monoisotopic (exact) mass is 304 g/mol. The van der Waals surface area contributed by atoms with E-state index in [0.29, 0.717) is 13.1 Å². The van der Waals surface area contributed by atoms with Gasteiger partial charge in [0, 0.05) is 19.5 Å². The van der Waals surface area contributed by atoms with E-state index < -0.39 is 23.3 Å². The third-order valence-electron chi connectivity index (χ3n) is 3.77. The largest absolute Gasteiger partial charge is 0.480 e. The van der Waals surface area contributed by atoms with Crippen LogP contribution >= 0.6 is 0 Å². The van der Waals surface area contributed by atoms with Crippen molar-refractivity contribution in [2.24, 2.45) is 5.92 Å². The Morgan fingerprint density at radius 2 is 1.95 bits per heavy atom. The molecule has 2 N–H and O–H groups in total. The first-order chi connectivity index (χ1) is 10.3. The first-order valence-electron chi connectivity index (χ1n) is 7.17. The first-order valence-corrected chi connectivity index (χ1v) is 7.17. The van der Waals surface area contributed by atoms with Crippen molar-refractivity contribution >= 4 is 17.8 Å². The van der Waals surface area contributed by atoms with Gasteiger partial charge in [-0.1, -0.05) is 30.3 Å². The summed E-state index contributed by atoms with van der Waals surface area (Å²) in [5, 5.41) is 11.5. The third kappa shape index (κ3) is 3.63. The lowest BCUT2D eigenvalue weighted by Crippen LogP contribution is -2.51. The van der Waals surface area contributed by atoms with Crippen LogP contribution in [0, 0.1) is 5.92 Å². The molecule has 1 heterocycles. The van der Waals surface area contributed by atoms with Crippen LogP contribution in [0.25, 0.3) is 0 Å². The van der Waals surface area contributed by atoms with Crippen LogP contribution in [-0.2, 0) is 20.9 Å². The van der Waals surface area contributed by atoms with Crippen molar-refractivity contribution < 1.29 is 19.5 Å². The summed E-state index contributed by atoms with van der Waals surface area (Å²) < 4.78 is 0. The zero-order chi connectivity index (χ0) is 16.3. The summed E-state index contributed by atoms with van der Waals surface area (Å²) in [4.78, 5) is 36.9. The molecule has 6 heteroatoms. The predicted molar refractivity (Wildman–Crippen MR) is 79.8 cm³/mol. The van der Waals surface area contributed by atoms with Crippen LogP contribution in [-0.4, -0.2) is 39.9 Å². The molecule has 1 aromatic rings. The highest BCUT2D eigenvalue weighted by Crippen LogP contribution is 2.21. The maximum absolute atomic E-state index is 12.2. The summed E-state index contributed by atoms with van der Waals surface area (Å²) >= 11 is 0. The van der Waals surface area contributed by atoms with Crippen LogP contribution in [0.4, 0.5) is 0 Å². The maximum atomic E-state index is 12.2. The Kier molecular flexibility index (Phi) is 4.49. The molecule has 1 aromatic carbocycles. The first kappa shape index (κ1) is 16.0. The Hall–Kier alpha value is -2.37. The summed E-state index contributed by atoms with van der Waals surface area (Å²) in [6.45, 7) is 3.62. The van der Waals surface area contributed by atoms with Gasteiger partial charge in [0.25, 0.3) is 0 Å². The Morgan fingerprint density at radius 1 is 1.32 bits per heavy atom. The highest BCUT2D eigenvalue weighted by molar-refractivity contribution is 5.92. The molecular weight excluding hydrogens is 284 g/mol. The van der Waals surface area contributed by atoms with Gasteiger partial charge in [0.05, 0.1) is 5.92 Å². The molecule has 0 saturated carbocycles. The molecule has 1 aliphatic heterocycles. The molecule has 0 bridgehead atoms. The highest BCUT2D eigenvalue weighted by atomic mass is 16.4. The number of likely N-dealkylation sites (tertiary alicyclic amines) is 1. The van der Waals surface area contributed by atoms with Gasteiger partial charge in [-0.3, -0.25) is 9.59 Å². The van der Waals surface area contributed by atoms with E-state index in [9.17, 15) is 14.4 Å². The van der Waals surface area contributed by atoms with E-state index in [2.05, 4.69) is 5.32 Å². The number of hydrogen-bond acceptors (Lipinski definition) is 3. The molecule has 1 saturated heterocycles. The van der Waals surface area contributed by atoms with Crippen molar-refractivity contribution in [1.29, 1.82) is 0 Å². The second-order valence-corrected chi connectivity index (χ2v) is 6.08. The number of nitrogens with zero attached hydrogens (tertiary/aromatic N) is 1. The summed E-state index contributed by atoms with van der Waals surface area (Å²) in [7, 11) is 0. The van der Waals surface area contributed by atoms with Gasteiger partial charge in [0.15, 0.2) is 0 Å². The number of carboxylic acid groups (broad SMARTS) is 1. The number of aliphatic carboxylic acids is 1. The van der Waals surface area contributed by atoms with Crippen LogP contribution in [0.3, 0.4) is 0 Å². The van der Waals surface area contributed by atoms with Crippen molar-refractivity contribution in [1.82, 2.24) is 10.2 Å². The molecular formula is C16H20N2O4. The average Bonchev–Trinajstić information content (AvgIpc) is 2.81. The summed E-state index contributed by atoms with van der Waals surface area (Å²) in [5.74, 6) is -2.09. The highest BCUT2D eigenvalue weighted by Gasteiger charge is 2.38. The Bertz CT molecular complexity index is 583. The average molecular weight is 304 g/mol. The molecule has 0 radical (unpaired) electrons. The van der Waals surface area contributed by atoms with Gasteiger partial charge in [-0.25, -0.2) is 4.79 Å². The second kappa shape index (κ2) is 6.17. The Labute approximate surface area is 129 Å². The lowest BCUT2D eigenvalue weighted by Gasteiger charge is -2.23. The number of hydrogen-bond donors (Lipinski definition) is 2. The molecule has 1 aliphatic rings. The molecule has 22 heavy (non-hydrogen) atoms. The number of nitrogens with one attached hydrogen (secondary N) is 1. The van der Waals surface area contributed by atoms with Crippen LogP contribution in [0.2, 0.25) is 0 Å². The summed E-state index contributed by atoms with van der Waals surface area (Å²) in [5.41, 5.74) is -0.338. The minimum absolute atomic E-state index is 0.0860. The summed E-state index contributed by atoms with van der Waals surface area (Å²) in [6.07, 6.45) is 0.119. The Morgan fingerprint density at radius 3 is 2.55 bits per heavy atom. The topological polar surface area (TPSA) is 86.7 Å². The molecule has 2 amide bonds. The SMILES string of the molecule is CC(C)(NC(=O)C1CC(=O)N(Cc2ccccc2)C1)C(=O)O. The molecule has 0 aromatic heterocycles. The van der Waals surface area contributed by atoms with E-state index in [4.69, 9.17) is 5.11 Å². The number of amides is 2. The van der Waals surface area contributed by atoms with Crippen molar-refractivity contribution in [3.05, 3.63) is 35.9 Å². The van der Waals surface area contributed by atoms with E-state index in [-0.39, 0.29) is 12.3 Å². The van der Waals surface area contributed by atoms with Crippen LogP contribution in [0.5, 0.6) is 0 Å². The zero-order valence-electron chi connectivity index (χ0n) is 12.7. The fourth-order valence-electron chi connectivity index (χ4n) is 2.37. The van der Waals surface area contributed by atoms with E-state index >= 15 is 0 Å². The minimum atomic E-state index is -1.34. The van der Waals surface area contributed by atoms with Gasteiger partial charge in [-0.05, 0) is 19.4 Å². The molecule has 1 unspecified atom stereocenters. The van der Waals surface area contributed by atoms with E-state index in [1.54, 1.807) is 4.90 Å². The van der Waals surface area contributed by atoms with E-state index in [1.165, 1.54) is 13.8 Å². The number of carbonyl (C=O) groups excluding carboxylic acids is 2. The molecule has 2 rings (SSSR count). The maximum Gasteiger partial charge on any atom is 0.328 e. The van der Waals surface area contributed by atoms with Crippen LogP contribution < -0.4 is 5.32 Å². The van der Waals surface area contributed by atoms with Gasteiger partial charge in [0.2, 0.25) is 11.8 Å². The van der Waals surface area contributed by atoms with Crippen molar-refractivity contribution in [3.63, 3.8) is 0 Å². The van der Waals surface area contributed by atoms with Crippen molar-refractivity contribution in [2.45, 2.75) is 32.4 Å². The van der Waals surface area contributed by atoms with Gasteiger partial charge in [0.1, 0.15) is 5.54 Å². The minimum Gasteiger partial charge on any atom is -0.480 e. The lowest BCUT2D eigenvalue weighted by atomic mass is 10.0. The number of carbonyl (C=O) groups is 3. The van der Waals surface area contributed by atoms with Gasteiger partial charge in [-0.15, -0.1) is 0 Å². The normalized spacial score (nSPS) is 18.4. The van der Waals surface area contributed by atoms with Crippen LogP contribution in [0.15, 0.2) is 30.3 Å². The molecule has 0 spiro atoms. The molecule has 1 fully saturated rings. The molecule has 118 valence electrons. The number of rotatable bonds is 5.